The van der Waals surface area contributed by atoms with E-state index in [1.54, 1.807) is 0 Å². The Kier molecular flexibility index (Phi) is 1.96. The van der Waals surface area contributed by atoms with Crippen molar-refractivity contribution in [1.29, 1.82) is 0 Å². The van der Waals surface area contributed by atoms with Crippen molar-refractivity contribution in [1.82, 2.24) is 10.3 Å². The van der Waals surface area contributed by atoms with Crippen molar-refractivity contribution in [3.8, 4) is 0 Å². The van der Waals surface area contributed by atoms with Crippen molar-refractivity contribution in [3.05, 3.63) is 10.1 Å². The Morgan fingerprint density at radius 1 is 1.44 bits per heavy atom. The Labute approximate surface area is 52.7 Å². The molecule has 0 unspecified atom stereocenters. The second-order valence-corrected chi connectivity index (χ2v) is 2.00. The van der Waals surface area contributed by atoms with Crippen LogP contribution < -0.4 is 0 Å². The molecule has 0 aromatic carbocycles. The standard InChI is InChI=1S/C4H8N3O2/c8-5-7(9)6-3-1-2-4-6/h1-4H2/q-1. The highest BCUT2D eigenvalue weighted by Gasteiger charge is 2.11. The van der Waals surface area contributed by atoms with Crippen LogP contribution in [0.25, 0.3) is 0 Å². The number of hydrogen-bond donors (Lipinski definition) is 0. The minimum Gasteiger partial charge on any atom is -0.724 e. The van der Waals surface area contributed by atoms with Crippen LogP contribution in [0.15, 0.2) is 5.29 Å². The third-order valence-electron chi connectivity index (χ3n) is 1.39. The number of nitroso groups, excluding NO2 is 1. The Morgan fingerprint density at radius 3 is 2.44 bits per heavy atom. The van der Waals surface area contributed by atoms with Gasteiger partial charge in [0.25, 0.3) is 0 Å². The molecule has 0 aromatic rings. The number of nitrogens with zero attached hydrogens (tertiary/aromatic N) is 3. The summed E-state index contributed by atoms with van der Waals surface area (Å²) in [5.41, 5.74) is 0. The maximum absolute atomic E-state index is 10.4. The lowest BCUT2D eigenvalue weighted by Gasteiger charge is -2.29. The Balaban J connectivity index is 2.32. The summed E-state index contributed by atoms with van der Waals surface area (Å²) in [5, 5.41) is 14.1. The zero-order valence-electron chi connectivity index (χ0n) is 4.99. The average molecular weight is 130 g/mol. The van der Waals surface area contributed by atoms with Crippen LogP contribution in [0.4, 0.5) is 0 Å². The minimum absolute atomic E-state index is 0.118. The van der Waals surface area contributed by atoms with E-state index in [-0.39, 0.29) is 5.28 Å². The van der Waals surface area contributed by atoms with Crippen LogP contribution in [0.5, 0.6) is 0 Å². The SMILES string of the molecule is O=NN([O-])N1CCCC1. The fraction of sp³-hybridized carbons (Fsp3) is 1.00. The van der Waals surface area contributed by atoms with Gasteiger partial charge in [-0.1, -0.05) is 0 Å². The van der Waals surface area contributed by atoms with E-state index >= 15 is 0 Å². The van der Waals surface area contributed by atoms with Crippen molar-refractivity contribution in [2.24, 2.45) is 5.29 Å². The first-order valence-electron chi connectivity index (χ1n) is 2.90. The van der Waals surface area contributed by atoms with Gasteiger partial charge in [-0.05, 0) is 12.8 Å². The molecule has 5 heteroatoms. The molecule has 0 aromatic heterocycles. The monoisotopic (exact) mass is 130 g/mol. The summed E-state index contributed by atoms with van der Waals surface area (Å²) < 4.78 is 0. The normalized spacial score (nSPS) is 20.1. The van der Waals surface area contributed by atoms with Crippen LogP contribution in [0.2, 0.25) is 0 Å². The summed E-state index contributed by atoms with van der Waals surface area (Å²) >= 11 is 0. The van der Waals surface area contributed by atoms with E-state index in [1.807, 2.05) is 0 Å². The molecular formula is C4H8N3O2-. The largest absolute Gasteiger partial charge is 0.724 e. The summed E-state index contributed by atoms with van der Waals surface area (Å²) in [5.74, 6) is 0. The fourth-order valence-corrected chi connectivity index (χ4v) is 0.923. The lowest BCUT2D eigenvalue weighted by atomic mass is 10.4. The highest BCUT2D eigenvalue weighted by molar-refractivity contribution is 4.62. The molecule has 1 aliphatic rings. The molecule has 1 fully saturated rings. The van der Waals surface area contributed by atoms with Crippen molar-refractivity contribution in [3.63, 3.8) is 0 Å². The van der Waals surface area contributed by atoms with Gasteiger partial charge < -0.3 is 5.21 Å². The zero-order valence-corrected chi connectivity index (χ0v) is 4.99. The van der Waals surface area contributed by atoms with Gasteiger partial charge in [0.05, 0.1) is 5.29 Å². The van der Waals surface area contributed by atoms with Gasteiger partial charge >= 0.3 is 0 Å². The zero-order chi connectivity index (χ0) is 6.69. The molecule has 1 heterocycles. The smallest absolute Gasteiger partial charge is 0.0579 e. The van der Waals surface area contributed by atoms with Crippen LogP contribution in [-0.2, 0) is 0 Å². The molecule has 0 N–H and O–H groups in total. The highest BCUT2D eigenvalue weighted by atomic mass is 16.6. The van der Waals surface area contributed by atoms with Crippen molar-refractivity contribution >= 4 is 0 Å². The fourth-order valence-electron chi connectivity index (χ4n) is 0.923. The summed E-state index contributed by atoms with van der Waals surface area (Å²) in [4.78, 5) is 9.61. The molecule has 1 saturated heterocycles. The van der Waals surface area contributed by atoms with Gasteiger partial charge in [-0.25, -0.2) is 5.01 Å². The molecule has 1 aliphatic heterocycles. The van der Waals surface area contributed by atoms with E-state index in [0.29, 0.717) is 13.1 Å². The predicted molar refractivity (Wildman–Crippen MR) is 31.8 cm³/mol. The molecule has 0 amide bonds. The maximum atomic E-state index is 10.4. The maximum Gasteiger partial charge on any atom is 0.0579 e. The number of rotatable bonds is 2. The van der Waals surface area contributed by atoms with Crippen LogP contribution in [-0.4, -0.2) is 23.4 Å². The van der Waals surface area contributed by atoms with Gasteiger partial charge in [-0.15, -0.1) is 4.91 Å². The van der Waals surface area contributed by atoms with E-state index in [4.69, 9.17) is 0 Å². The molecule has 5 nitrogen and oxygen atoms in total. The molecule has 0 bridgehead atoms. The summed E-state index contributed by atoms with van der Waals surface area (Å²) in [7, 11) is 0. The van der Waals surface area contributed by atoms with Crippen LogP contribution >= 0.6 is 0 Å². The minimum atomic E-state index is 0.118. The van der Waals surface area contributed by atoms with Gasteiger partial charge in [-0.3, -0.25) is 5.28 Å². The van der Waals surface area contributed by atoms with E-state index in [2.05, 4.69) is 5.29 Å². The first-order chi connectivity index (χ1) is 4.34. The van der Waals surface area contributed by atoms with Gasteiger partial charge in [0.1, 0.15) is 0 Å². The second kappa shape index (κ2) is 2.75. The van der Waals surface area contributed by atoms with Gasteiger partial charge in [0.15, 0.2) is 0 Å². The van der Waals surface area contributed by atoms with Gasteiger partial charge in [0, 0.05) is 13.1 Å². The van der Waals surface area contributed by atoms with Crippen molar-refractivity contribution < 1.29 is 0 Å². The Morgan fingerprint density at radius 2 is 2.00 bits per heavy atom. The van der Waals surface area contributed by atoms with Crippen molar-refractivity contribution in [2.75, 3.05) is 13.1 Å². The van der Waals surface area contributed by atoms with Crippen LogP contribution in [0, 0.1) is 10.1 Å². The van der Waals surface area contributed by atoms with Crippen LogP contribution in [0.1, 0.15) is 12.8 Å². The lowest BCUT2D eigenvalue weighted by Crippen LogP contribution is -2.31. The number of hydrazine groups is 1. The van der Waals surface area contributed by atoms with E-state index < -0.39 is 0 Å². The lowest BCUT2D eigenvalue weighted by molar-refractivity contribution is 0.0500. The average Bonchev–Trinajstić information content (AvgIpc) is 2.37. The Bertz CT molecular complexity index is 102. The molecule has 1 rings (SSSR count). The third-order valence-corrected chi connectivity index (χ3v) is 1.39. The molecule has 0 atom stereocenters. The van der Waals surface area contributed by atoms with E-state index in [9.17, 15) is 10.1 Å². The van der Waals surface area contributed by atoms with E-state index in [1.165, 1.54) is 5.01 Å². The predicted octanol–water partition coefficient (Wildman–Crippen LogP) is 0.478. The van der Waals surface area contributed by atoms with Gasteiger partial charge in [0.2, 0.25) is 0 Å². The topological polar surface area (TPSA) is 59.0 Å². The van der Waals surface area contributed by atoms with Crippen molar-refractivity contribution in [2.45, 2.75) is 12.8 Å². The molecule has 0 radical (unpaired) electrons. The summed E-state index contributed by atoms with van der Waals surface area (Å²) in [6, 6.07) is 0. The second-order valence-electron chi connectivity index (χ2n) is 2.00. The summed E-state index contributed by atoms with van der Waals surface area (Å²) in [6.07, 6.45) is 1.96. The molecular weight excluding hydrogens is 122 g/mol. The molecule has 0 aliphatic carbocycles. The highest BCUT2D eigenvalue weighted by Crippen LogP contribution is 2.09. The van der Waals surface area contributed by atoms with Gasteiger partial charge in [-0.2, -0.15) is 0 Å². The summed E-state index contributed by atoms with van der Waals surface area (Å²) in [6.45, 7) is 1.32. The number of hydrogen-bond acceptors (Lipinski definition) is 4. The molecule has 0 spiro atoms. The Hall–Kier alpha value is -0.680. The van der Waals surface area contributed by atoms with E-state index in [0.717, 1.165) is 12.8 Å². The first kappa shape index (κ1) is 6.44. The van der Waals surface area contributed by atoms with Crippen LogP contribution in [0.3, 0.4) is 0 Å². The molecule has 52 valence electrons. The molecule has 9 heavy (non-hydrogen) atoms. The molecule has 0 saturated carbocycles. The third kappa shape index (κ3) is 1.36. The quantitative estimate of drug-likeness (QED) is 0.403. The first-order valence-corrected chi connectivity index (χ1v) is 2.90.